The third-order valence-corrected chi connectivity index (χ3v) is 6.82. The van der Waals surface area contributed by atoms with Crippen LogP contribution >= 0.6 is 34.5 Å². The van der Waals surface area contributed by atoms with Crippen molar-refractivity contribution in [1.29, 1.82) is 0 Å². The first kappa shape index (κ1) is 22.3. The summed E-state index contributed by atoms with van der Waals surface area (Å²) in [7, 11) is 1.51. The molecule has 3 rings (SSSR count). The first-order valence-electron chi connectivity index (χ1n) is 8.80. The van der Waals surface area contributed by atoms with Gasteiger partial charge < -0.3 is 30.8 Å². The molecule has 162 valence electrons. The van der Waals surface area contributed by atoms with Gasteiger partial charge in [-0.3, -0.25) is 9.59 Å². The molecule has 0 bridgehead atoms. The summed E-state index contributed by atoms with van der Waals surface area (Å²) in [6.07, 6.45) is 0.0746. The minimum atomic E-state index is -1.27. The molecule has 3 heterocycles. The van der Waals surface area contributed by atoms with E-state index in [4.69, 9.17) is 33.7 Å². The molecule has 2 amide bonds. The number of aromatic carboxylic acids is 1. The fraction of sp³-hybridized carbons (Fsp3) is 0.412. The molecule has 0 aromatic carbocycles. The predicted octanol–water partition coefficient (Wildman–Crippen LogP) is 1.91. The molecule has 0 spiro atoms. The number of halogens is 2. The Morgan fingerprint density at radius 1 is 1.37 bits per heavy atom. The Balaban J connectivity index is 1.74. The molecular weight excluding hydrogens is 457 g/mol. The summed E-state index contributed by atoms with van der Waals surface area (Å²) in [5.74, 6) is -2.58. The number of nitrogens with zero attached hydrogens (tertiary/aromatic N) is 2. The van der Waals surface area contributed by atoms with Gasteiger partial charge in [0.05, 0.1) is 22.2 Å². The van der Waals surface area contributed by atoms with Crippen molar-refractivity contribution in [1.82, 2.24) is 15.3 Å². The fourth-order valence-electron chi connectivity index (χ4n) is 3.22. The minimum absolute atomic E-state index is 0.154. The number of carboxylic acid groups (broad SMARTS) is 1. The van der Waals surface area contributed by atoms with Crippen LogP contribution in [-0.2, 0) is 4.74 Å². The number of thiazole rings is 1. The molecule has 2 atom stereocenters. The Morgan fingerprint density at radius 2 is 2.07 bits per heavy atom. The highest BCUT2D eigenvalue weighted by molar-refractivity contribution is 7.17. The number of rotatable bonds is 6. The van der Waals surface area contributed by atoms with Gasteiger partial charge in [-0.05, 0) is 13.3 Å². The molecule has 1 aliphatic heterocycles. The number of ether oxygens (including phenoxy) is 1. The van der Waals surface area contributed by atoms with Crippen molar-refractivity contribution < 1.29 is 24.2 Å². The van der Waals surface area contributed by atoms with Crippen LogP contribution in [0.4, 0.5) is 5.13 Å². The lowest BCUT2D eigenvalue weighted by atomic mass is 10.0. The Morgan fingerprint density at radius 3 is 2.57 bits per heavy atom. The second-order valence-electron chi connectivity index (χ2n) is 6.69. The van der Waals surface area contributed by atoms with Gasteiger partial charge in [-0.2, -0.15) is 0 Å². The van der Waals surface area contributed by atoms with E-state index in [0.29, 0.717) is 35.4 Å². The zero-order valence-electron chi connectivity index (χ0n) is 16.0. The summed E-state index contributed by atoms with van der Waals surface area (Å²) in [5, 5.41) is 13.0. The highest BCUT2D eigenvalue weighted by Gasteiger charge is 2.34. The lowest BCUT2D eigenvalue weighted by molar-refractivity contribution is 0.0540. The molecule has 1 saturated heterocycles. The van der Waals surface area contributed by atoms with E-state index < -0.39 is 23.9 Å². The van der Waals surface area contributed by atoms with Crippen molar-refractivity contribution in [2.75, 3.05) is 25.1 Å². The zero-order chi connectivity index (χ0) is 22.2. The molecule has 2 aromatic rings. The zero-order valence-corrected chi connectivity index (χ0v) is 18.3. The molecule has 13 heteroatoms. The van der Waals surface area contributed by atoms with Crippen LogP contribution < -0.4 is 16.0 Å². The van der Waals surface area contributed by atoms with E-state index >= 15 is 0 Å². The number of methoxy groups -OCH3 is 1. The summed E-state index contributed by atoms with van der Waals surface area (Å²) in [6, 6.07) is -0.327. The molecule has 0 unspecified atom stereocenters. The van der Waals surface area contributed by atoms with Crippen LogP contribution in [0.5, 0.6) is 0 Å². The summed E-state index contributed by atoms with van der Waals surface area (Å²) in [6.45, 7) is 2.49. The van der Waals surface area contributed by atoms with E-state index in [0.717, 1.165) is 11.3 Å². The Kier molecular flexibility index (Phi) is 6.56. The topological polar surface area (TPSA) is 151 Å². The Hall–Kier alpha value is -2.34. The normalized spacial score (nSPS) is 19.0. The maximum atomic E-state index is 12.6. The van der Waals surface area contributed by atoms with Gasteiger partial charge in [-0.1, -0.05) is 34.5 Å². The summed E-state index contributed by atoms with van der Waals surface area (Å²) in [5.41, 5.74) is 5.72. The summed E-state index contributed by atoms with van der Waals surface area (Å²) >= 11 is 13.0. The summed E-state index contributed by atoms with van der Waals surface area (Å²) in [4.78, 5) is 44.0. The van der Waals surface area contributed by atoms with Gasteiger partial charge in [0.1, 0.15) is 10.6 Å². The van der Waals surface area contributed by atoms with Crippen LogP contribution in [0.2, 0.25) is 10.0 Å². The third kappa shape index (κ3) is 4.24. The molecule has 1 aliphatic rings. The summed E-state index contributed by atoms with van der Waals surface area (Å²) < 4.78 is 5.53. The van der Waals surface area contributed by atoms with Crippen LogP contribution in [-0.4, -0.2) is 65.2 Å². The standard InChI is InChI=1S/C17H19Cl2N5O5S/c1-6-9(18)10(19)11(21-6)15(26)22-7-3-4-24(5-8(7)29-2)17-23-12(14(20)25)13(30-17)16(27)28/h7-8,21H,3-5H2,1-2H3,(H2,20,25)(H,22,26)(H,27,28)/t7-,8+/m1/s1. The second-order valence-corrected chi connectivity index (χ2v) is 8.42. The van der Waals surface area contributed by atoms with Crippen LogP contribution in [0, 0.1) is 6.92 Å². The number of aryl methyl sites for hydroxylation is 1. The lowest BCUT2D eigenvalue weighted by Gasteiger charge is -2.37. The van der Waals surface area contributed by atoms with Crippen molar-refractivity contribution in [3.63, 3.8) is 0 Å². The van der Waals surface area contributed by atoms with Crippen molar-refractivity contribution in [2.45, 2.75) is 25.5 Å². The highest BCUT2D eigenvalue weighted by Crippen LogP contribution is 2.31. The van der Waals surface area contributed by atoms with Crippen molar-refractivity contribution in [3.8, 4) is 0 Å². The smallest absolute Gasteiger partial charge is 0.348 e. The first-order chi connectivity index (χ1) is 14.1. The monoisotopic (exact) mass is 475 g/mol. The van der Waals surface area contributed by atoms with Crippen molar-refractivity contribution >= 4 is 57.5 Å². The van der Waals surface area contributed by atoms with Crippen LogP contribution in [0.15, 0.2) is 0 Å². The number of amides is 2. The number of nitrogens with two attached hydrogens (primary N) is 1. The number of carbonyl (C=O) groups is 3. The number of carboxylic acids is 1. The lowest BCUT2D eigenvalue weighted by Crippen LogP contribution is -2.55. The fourth-order valence-corrected chi connectivity index (χ4v) is 4.58. The predicted molar refractivity (Wildman–Crippen MR) is 112 cm³/mol. The number of carbonyl (C=O) groups excluding carboxylic acids is 2. The van der Waals surface area contributed by atoms with Crippen LogP contribution in [0.25, 0.3) is 0 Å². The molecular formula is C17H19Cl2N5O5S. The number of primary amides is 1. The molecule has 10 nitrogen and oxygen atoms in total. The molecule has 2 aromatic heterocycles. The van der Waals surface area contributed by atoms with Crippen molar-refractivity contribution in [3.05, 3.63) is 32.0 Å². The number of hydrogen-bond donors (Lipinski definition) is 4. The first-order valence-corrected chi connectivity index (χ1v) is 10.4. The number of piperidine rings is 1. The van der Waals surface area contributed by atoms with E-state index in [1.165, 1.54) is 7.11 Å². The Labute approximate surface area is 185 Å². The minimum Gasteiger partial charge on any atom is -0.477 e. The van der Waals surface area contributed by atoms with E-state index in [1.807, 2.05) is 0 Å². The SMILES string of the molecule is CO[C@H]1CN(c2nc(C(N)=O)c(C(=O)O)s2)CC[C@H]1NC(=O)c1[nH]c(C)c(Cl)c1Cl. The van der Waals surface area contributed by atoms with Gasteiger partial charge in [0.25, 0.3) is 11.8 Å². The number of hydrogen-bond acceptors (Lipinski definition) is 7. The van der Waals surface area contributed by atoms with Gasteiger partial charge >= 0.3 is 5.97 Å². The maximum Gasteiger partial charge on any atom is 0.348 e. The van der Waals surface area contributed by atoms with Crippen molar-refractivity contribution in [2.24, 2.45) is 5.73 Å². The van der Waals surface area contributed by atoms with Crippen LogP contribution in [0.3, 0.4) is 0 Å². The van der Waals surface area contributed by atoms with Gasteiger partial charge in [-0.25, -0.2) is 9.78 Å². The molecule has 1 fully saturated rings. The maximum absolute atomic E-state index is 12.6. The molecule has 0 radical (unpaired) electrons. The molecule has 0 aliphatic carbocycles. The molecule has 5 N–H and O–H groups in total. The third-order valence-electron chi connectivity index (χ3n) is 4.77. The highest BCUT2D eigenvalue weighted by atomic mass is 35.5. The quantitative estimate of drug-likeness (QED) is 0.497. The van der Waals surface area contributed by atoms with Gasteiger partial charge in [-0.15, -0.1) is 0 Å². The van der Waals surface area contributed by atoms with E-state index in [2.05, 4.69) is 15.3 Å². The van der Waals surface area contributed by atoms with Crippen LogP contribution in [0.1, 0.15) is 42.8 Å². The second kappa shape index (κ2) is 8.80. The number of anilines is 1. The number of nitrogens with one attached hydrogen (secondary N) is 2. The largest absolute Gasteiger partial charge is 0.477 e. The van der Waals surface area contributed by atoms with E-state index in [-0.39, 0.29) is 27.3 Å². The van der Waals surface area contributed by atoms with E-state index in [1.54, 1.807) is 11.8 Å². The number of aromatic nitrogens is 2. The average Bonchev–Trinajstić information content (AvgIpc) is 3.26. The number of H-pyrrole nitrogens is 1. The van der Waals surface area contributed by atoms with E-state index in [9.17, 15) is 19.5 Å². The van der Waals surface area contributed by atoms with Gasteiger partial charge in [0, 0.05) is 25.9 Å². The average molecular weight is 476 g/mol. The molecule has 0 saturated carbocycles. The Bertz CT molecular complexity index is 976. The van der Waals surface area contributed by atoms with Gasteiger partial charge in [0.2, 0.25) is 0 Å². The number of aromatic amines is 1. The van der Waals surface area contributed by atoms with Gasteiger partial charge in [0.15, 0.2) is 10.8 Å². The molecule has 30 heavy (non-hydrogen) atoms.